The quantitative estimate of drug-likeness (QED) is 0.525. The van der Waals surface area contributed by atoms with Gasteiger partial charge in [-0.3, -0.25) is 0 Å². The Morgan fingerprint density at radius 3 is 2.31 bits per heavy atom. The highest BCUT2D eigenvalue weighted by Gasteiger charge is 2.48. The van der Waals surface area contributed by atoms with Gasteiger partial charge in [0.25, 0.3) is 0 Å². The van der Waals surface area contributed by atoms with Crippen molar-refractivity contribution >= 4 is 20.9 Å². The molecule has 0 atom stereocenters. The van der Waals surface area contributed by atoms with Crippen molar-refractivity contribution in [1.82, 2.24) is 3.97 Å². The molecule has 3 aromatic rings. The number of benzene rings is 2. The van der Waals surface area contributed by atoms with Gasteiger partial charge in [0.05, 0.1) is 35.6 Å². The summed E-state index contributed by atoms with van der Waals surface area (Å²) in [4.78, 5) is 0. The summed E-state index contributed by atoms with van der Waals surface area (Å²) < 4.78 is 33.9. The molecule has 0 radical (unpaired) electrons. The summed E-state index contributed by atoms with van der Waals surface area (Å²) in [6.45, 7) is 0.635. The molecule has 0 saturated heterocycles. The van der Waals surface area contributed by atoms with Crippen LogP contribution in [0.5, 0.6) is 0 Å². The van der Waals surface area contributed by atoms with Gasteiger partial charge in [-0.15, -0.1) is 0 Å². The Balaban J connectivity index is 1.60. The lowest BCUT2D eigenvalue weighted by Gasteiger charge is -2.44. The molecule has 0 N–H and O–H groups in total. The molecule has 2 saturated carbocycles. The number of para-hydroxylation sites is 1. The maximum Gasteiger partial charge on any atom is 0.236 e. The minimum atomic E-state index is -3.54. The molecular weight excluding hydrogens is 420 g/mol. The van der Waals surface area contributed by atoms with Gasteiger partial charge in [-0.1, -0.05) is 48.5 Å². The summed E-state index contributed by atoms with van der Waals surface area (Å²) in [5, 5.41) is 11.1. The summed E-state index contributed by atoms with van der Waals surface area (Å²) in [6.07, 6.45) is 6.05. The van der Waals surface area contributed by atoms with Crippen LogP contribution in [0, 0.1) is 17.2 Å². The van der Waals surface area contributed by atoms with E-state index in [9.17, 15) is 13.7 Å². The fraction of sp³-hybridized carbons (Fsp3) is 0.423. The highest BCUT2D eigenvalue weighted by Crippen LogP contribution is 2.50. The zero-order chi connectivity index (χ0) is 22.4. The highest BCUT2D eigenvalue weighted by atomic mass is 32.2. The van der Waals surface area contributed by atoms with Gasteiger partial charge < -0.3 is 4.74 Å². The highest BCUT2D eigenvalue weighted by molar-refractivity contribution is 7.89. The third-order valence-electron chi connectivity index (χ3n) is 7.21. The second kappa shape index (κ2) is 7.75. The van der Waals surface area contributed by atoms with Gasteiger partial charge in [-0.2, -0.15) is 5.26 Å². The van der Waals surface area contributed by atoms with E-state index in [4.69, 9.17) is 4.74 Å². The van der Waals surface area contributed by atoms with Crippen molar-refractivity contribution in [1.29, 1.82) is 5.26 Å². The number of fused-ring (bicyclic) bond motifs is 1. The first-order valence-electron chi connectivity index (χ1n) is 11.3. The van der Waals surface area contributed by atoms with Gasteiger partial charge in [0.2, 0.25) is 10.0 Å². The summed E-state index contributed by atoms with van der Waals surface area (Å²) in [5.41, 5.74) is 1.11. The zero-order valence-electron chi connectivity index (χ0n) is 18.3. The molecule has 2 aliphatic carbocycles. The first-order valence-corrected chi connectivity index (χ1v) is 13.1. The smallest absolute Gasteiger partial charge is 0.236 e. The van der Waals surface area contributed by atoms with Crippen molar-refractivity contribution in [3.8, 4) is 6.07 Å². The molecule has 32 heavy (non-hydrogen) atoms. The van der Waals surface area contributed by atoms with Crippen LogP contribution in [-0.2, 0) is 25.8 Å². The normalized spacial score (nSPS) is 26.1. The average molecular weight is 449 g/mol. The van der Waals surface area contributed by atoms with E-state index >= 15 is 0 Å². The van der Waals surface area contributed by atoms with Gasteiger partial charge in [0, 0.05) is 5.39 Å². The Morgan fingerprint density at radius 2 is 1.69 bits per heavy atom. The topological polar surface area (TPSA) is 72.1 Å². The molecular formula is C26H28N2O3S. The van der Waals surface area contributed by atoms with Gasteiger partial charge in [-0.05, 0) is 62.1 Å². The molecule has 1 aromatic heterocycles. The molecule has 0 spiro atoms. The standard InChI is InChI=1S/C26H28N2O3S/c1-32(29,30)28-23-10-6-5-7-21(23)17-24(28)26(31-18-20-11-12-20)15-13-25(19-27,14-16-26)22-8-3-2-4-9-22/h2-10,17,20H,11-16,18H2,1H3. The van der Waals surface area contributed by atoms with Crippen LogP contribution in [0.3, 0.4) is 0 Å². The van der Waals surface area contributed by atoms with E-state index in [0.717, 1.165) is 23.8 Å². The molecule has 0 aliphatic heterocycles. The van der Waals surface area contributed by atoms with E-state index in [1.54, 1.807) is 0 Å². The second-order valence-corrected chi connectivity index (χ2v) is 11.3. The Hall–Kier alpha value is -2.62. The minimum absolute atomic E-state index is 0.555. The maximum atomic E-state index is 12.9. The largest absolute Gasteiger partial charge is 0.368 e. The van der Waals surface area contributed by atoms with E-state index in [0.29, 0.717) is 49.4 Å². The van der Waals surface area contributed by atoms with Crippen molar-refractivity contribution < 1.29 is 13.2 Å². The van der Waals surface area contributed by atoms with Crippen molar-refractivity contribution in [2.24, 2.45) is 5.92 Å². The lowest BCUT2D eigenvalue weighted by atomic mass is 9.65. The first kappa shape index (κ1) is 21.2. The molecule has 5 nitrogen and oxygen atoms in total. The lowest BCUT2D eigenvalue weighted by molar-refractivity contribution is -0.0911. The predicted octanol–water partition coefficient (Wildman–Crippen LogP) is 5.11. The van der Waals surface area contributed by atoms with Gasteiger partial charge in [-0.25, -0.2) is 12.4 Å². The molecule has 2 fully saturated rings. The van der Waals surface area contributed by atoms with E-state index in [2.05, 4.69) is 6.07 Å². The molecule has 6 heteroatoms. The molecule has 2 aromatic carbocycles. The third kappa shape index (κ3) is 3.64. The van der Waals surface area contributed by atoms with Gasteiger partial charge in [0.1, 0.15) is 5.60 Å². The van der Waals surface area contributed by atoms with Crippen molar-refractivity contribution in [2.45, 2.75) is 49.5 Å². The van der Waals surface area contributed by atoms with Crippen LogP contribution in [0.15, 0.2) is 60.7 Å². The van der Waals surface area contributed by atoms with Crippen LogP contribution in [0.25, 0.3) is 10.9 Å². The summed E-state index contributed by atoms with van der Waals surface area (Å²) in [5.74, 6) is 0.555. The molecule has 166 valence electrons. The summed E-state index contributed by atoms with van der Waals surface area (Å²) >= 11 is 0. The zero-order valence-corrected chi connectivity index (χ0v) is 19.1. The van der Waals surface area contributed by atoms with E-state index in [1.165, 1.54) is 10.2 Å². The average Bonchev–Trinajstić information content (AvgIpc) is 3.55. The van der Waals surface area contributed by atoms with Crippen molar-refractivity contribution in [2.75, 3.05) is 12.9 Å². The van der Waals surface area contributed by atoms with E-state index < -0.39 is 21.0 Å². The molecule has 0 unspecified atom stereocenters. The van der Waals surface area contributed by atoms with Gasteiger partial charge in [0.15, 0.2) is 0 Å². The van der Waals surface area contributed by atoms with Gasteiger partial charge >= 0.3 is 0 Å². The molecule has 5 rings (SSSR count). The summed E-state index contributed by atoms with van der Waals surface area (Å²) in [7, 11) is -3.54. The van der Waals surface area contributed by atoms with E-state index in [-0.39, 0.29) is 0 Å². The molecule has 0 amide bonds. The number of rotatable bonds is 6. The molecule has 0 bridgehead atoms. The maximum absolute atomic E-state index is 12.9. The van der Waals surface area contributed by atoms with Crippen molar-refractivity contribution in [3.05, 3.63) is 71.9 Å². The number of nitriles is 1. The fourth-order valence-electron chi connectivity index (χ4n) is 5.14. The van der Waals surface area contributed by atoms with Crippen LogP contribution in [-0.4, -0.2) is 25.3 Å². The summed E-state index contributed by atoms with van der Waals surface area (Å²) in [6, 6.07) is 22.1. The van der Waals surface area contributed by atoms with Crippen LogP contribution >= 0.6 is 0 Å². The lowest BCUT2D eigenvalue weighted by Crippen LogP contribution is -2.43. The number of nitrogens with zero attached hydrogens (tertiary/aromatic N) is 2. The fourth-order valence-corrected chi connectivity index (χ4v) is 6.24. The number of hydrogen-bond acceptors (Lipinski definition) is 4. The monoisotopic (exact) mass is 448 g/mol. The van der Waals surface area contributed by atoms with Crippen LogP contribution < -0.4 is 0 Å². The van der Waals surface area contributed by atoms with E-state index in [1.807, 2.05) is 60.7 Å². The van der Waals surface area contributed by atoms with Crippen LogP contribution in [0.2, 0.25) is 0 Å². The second-order valence-electron chi connectivity index (χ2n) is 9.42. The minimum Gasteiger partial charge on any atom is -0.368 e. The third-order valence-corrected chi connectivity index (χ3v) is 8.27. The number of aromatic nitrogens is 1. The first-order chi connectivity index (χ1) is 15.4. The number of hydrogen-bond donors (Lipinski definition) is 0. The Kier molecular flexibility index (Phi) is 5.15. The van der Waals surface area contributed by atoms with Crippen LogP contribution in [0.4, 0.5) is 0 Å². The molecule has 1 heterocycles. The SMILES string of the molecule is CS(=O)(=O)n1c(C2(OCC3CC3)CCC(C#N)(c3ccccc3)CC2)cc2ccccc21. The van der Waals surface area contributed by atoms with Crippen molar-refractivity contribution in [3.63, 3.8) is 0 Å². The Bertz CT molecular complexity index is 1280. The predicted molar refractivity (Wildman–Crippen MR) is 125 cm³/mol. The Labute approximate surface area is 189 Å². The Morgan fingerprint density at radius 1 is 1.03 bits per heavy atom. The number of ether oxygens (including phenoxy) is 1. The molecule has 2 aliphatic rings. The van der Waals surface area contributed by atoms with Crippen LogP contribution in [0.1, 0.15) is 49.8 Å².